The Morgan fingerprint density at radius 1 is 1.18 bits per heavy atom. The number of nitrogens with one attached hydrogen (secondary N) is 1. The molecule has 4 heterocycles. The van der Waals surface area contributed by atoms with Crippen molar-refractivity contribution in [2.45, 2.75) is 69.9 Å². The maximum atomic E-state index is 13.1. The average molecular weight is 494 g/mol. The molecular formula is C23H35N5O3S2. The number of carbonyl (C=O) groups is 1. The van der Waals surface area contributed by atoms with E-state index in [-0.39, 0.29) is 17.3 Å². The fourth-order valence-electron chi connectivity index (χ4n) is 4.70. The summed E-state index contributed by atoms with van der Waals surface area (Å²) in [5.41, 5.74) is 1.55. The number of piperidine rings is 2. The van der Waals surface area contributed by atoms with Crippen LogP contribution in [0.4, 0.5) is 0 Å². The zero-order valence-electron chi connectivity index (χ0n) is 19.6. The third kappa shape index (κ3) is 6.03. The first-order chi connectivity index (χ1) is 15.8. The molecule has 1 atom stereocenters. The molecule has 2 aliphatic heterocycles. The van der Waals surface area contributed by atoms with Gasteiger partial charge in [0.15, 0.2) is 0 Å². The van der Waals surface area contributed by atoms with Gasteiger partial charge in [0.25, 0.3) is 0 Å². The average Bonchev–Trinajstić information content (AvgIpc) is 3.42. The molecule has 0 spiro atoms. The minimum atomic E-state index is -3.69. The van der Waals surface area contributed by atoms with Crippen LogP contribution in [0.1, 0.15) is 51.1 Å². The zero-order chi connectivity index (χ0) is 23.4. The lowest BCUT2D eigenvalue weighted by Crippen LogP contribution is -2.42. The Kier molecular flexibility index (Phi) is 7.88. The highest BCUT2D eigenvalue weighted by Gasteiger charge is 2.24. The number of aryl methyl sites for hydroxylation is 1. The smallest absolute Gasteiger partial charge is 0.242 e. The van der Waals surface area contributed by atoms with Gasteiger partial charge in [-0.2, -0.15) is 0 Å². The Labute approximate surface area is 201 Å². The second kappa shape index (κ2) is 10.7. The van der Waals surface area contributed by atoms with Gasteiger partial charge in [-0.25, -0.2) is 18.1 Å². The summed E-state index contributed by atoms with van der Waals surface area (Å²) in [4.78, 5) is 21.9. The third-order valence-corrected chi connectivity index (χ3v) is 9.08. The van der Waals surface area contributed by atoms with E-state index in [4.69, 9.17) is 0 Å². The monoisotopic (exact) mass is 493 g/mol. The topological polar surface area (TPSA) is 87.5 Å². The van der Waals surface area contributed by atoms with Gasteiger partial charge in [-0.1, -0.05) is 6.42 Å². The van der Waals surface area contributed by atoms with Crippen molar-refractivity contribution in [3.05, 3.63) is 23.3 Å². The van der Waals surface area contributed by atoms with E-state index in [2.05, 4.69) is 21.5 Å². The van der Waals surface area contributed by atoms with Crippen LogP contribution in [0, 0.1) is 6.92 Å². The van der Waals surface area contributed by atoms with Crippen LogP contribution in [0.25, 0.3) is 10.7 Å². The molecule has 0 saturated carbocycles. The highest BCUT2D eigenvalue weighted by Crippen LogP contribution is 2.28. The molecule has 0 unspecified atom stereocenters. The fraction of sp³-hybridized carbons (Fsp3) is 0.652. The summed E-state index contributed by atoms with van der Waals surface area (Å²) in [7, 11) is -3.69. The maximum absolute atomic E-state index is 13.1. The van der Waals surface area contributed by atoms with E-state index in [0.717, 1.165) is 56.0 Å². The predicted molar refractivity (Wildman–Crippen MR) is 131 cm³/mol. The van der Waals surface area contributed by atoms with Crippen LogP contribution in [-0.2, 0) is 21.4 Å². The van der Waals surface area contributed by atoms with E-state index in [1.54, 1.807) is 16.8 Å². The molecule has 0 aromatic carbocycles. The molecule has 1 N–H and O–H groups in total. The van der Waals surface area contributed by atoms with Crippen LogP contribution in [0.2, 0.25) is 0 Å². The quantitative estimate of drug-likeness (QED) is 0.611. The molecule has 8 nitrogen and oxygen atoms in total. The molecular weight excluding hydrogens is 458 g/mol. The van der Waals surface area contributed by atoms with Crippen molar-refractivity contribution >= 4 is 27.3 Å². The van der Waals surface area contributed by atoms with E-state index < -0.39 is 10.0 Å². The first-order valence-corrected chi connectivity index (χ1v) is 14.3. The Morgan fingerprint density at radius 3 is 2.64 bits per heavy atom. The van der Waals surface area contributed by atoms with Gasteiger partial charge in [0, 0.05) is 49.5 Å². The van der Waals surface area contributed by atoms with Crippen LogP contribution in [0.5, 0.6) is 0 Å². The Hall–Kier alpha value is -1.75. The molecule has 2 aromatic heterocycles. The van der Waals surface area contributed by atoms with E-state index in [9.17, 15) is 13.2 Å². The van der Waals surface area contributed by atoms with Crippen molar-refractivity contribution in [3.8, 4) is 10.7 Å². The molecule has 0 radical (unpaired) electrons. The molecule has 0 aliphatic carbocycles. The molecule has 2 aliphatic rings. The molecule has 33 heavy (non-hydrogen) atoms. The number of nitrogens with zero attached hydrogens (tertiary/aromatic N) is 4. The van der Waals surface area contributed by atoms with Crippen molar-refractivity contribution in [2.75, 3.05) is 32.7 Å². The fourth-order valence-corrected chi connectivity index (χ4v) is 6.59. The number of rotatable bonds is 8. The second-order valence-electron chi connectivity index (χ2n) is 9.20. The van der Waals surface area contributed by atoms with Gasteiger partial charge in [0.05, 0.1) is 5.69 Å². The van der Waals surface area contributed by atoms with Crippen LogP contribution in [0.15, 0.2) is 22.5 Å². The van der Waals surface area contributed by atoms with Crippen LogP contribution < -0.4 is 4.72 Å². The standard InChI is InChI=1S/C23H35N5O3S2/c1-18-17-32-23(25-18)21-14-20(15-28(21)16-22(29)27-11-5-3-6-12-27)33(30,31)24-9-13-26-10-7-4-8-19(26)2/h14-15,17,19,24H,3-13,16H2,1-2H3/t19-/m1/s1. The Bertz CT molecular complexity index is 1060. The molecule has 182 valence electrons. The summed E-state index contributed by atoms with van der Waals surface area (Å²) < 4.78 is 30.7. The number of likely N-dealkylation sites (tertiary alicyclic amines) is 2. The number of sulfonamides is 1. The molecule has 1 amide bonds. The number of thiazole rings is 1. The number of carbonyl (C=O) groups excluding carboxylic acids is 1. The molecule has 4 rings (SSSR count). The van der Waals surface area contributed by atoms with Gasteiger partial charge in [-0.15, -0.1) is 11.3 Å². The third-order valence-electron chi connectivity index (χ3n) is 6.67. The first kappa shape index (κ1) is 24.4. The van der Waals surface area contributed by atoms with Gasteiger partial charge < -0.3 is 9.47 Å². The van der Waals surface area contributed by atoms with Crippen LogP contribution in [0.3, 0.4) is 0 Å². The summed E-state index contributed by atoms with van der Waals surface area (Å²) in [6, 6.07) is 2.14. The number of hydrogen-bond donors (Lipinski definition) is 1. The van der Waals surface area contributed by atoms with Crippen molar-refractivity contribution in [3.63, 3.8) is 0 Å². The number of amides is 1. The van der Waals surface area contributed by atoms with Crippen LogP contribution >= 0.6 is 11.3 Å². The maximum Gasteiger partial charge on any atom is 0.242 e. The normalized spacial score (nSPS) is 20.3. The SMILES string of the molecule is Cc1csc(-c2cc(S(=O)(=O)NCCN3CCCC[C@H]3C)cn2CC(=O)N2CCCCC2)n1. The Morgan fingerprint density at radius 2 is 1.94 bits per heavy atom. The Balaban J connectivity index is 1.50. The van der Waals surface area contributed by atoms with Crippen molar-refractivity contribution in [1.29, 1.82) is 0 Å². The predicted octanol–water partition coefficient (Wildman–Crippen LogP) is 3.09. The summed E-state index contributed by atoms with van der Waals surface area (Å²) in [6.07, 6.45) is 8.36. The van der Waals surface area contributed by atoms with Gasteiger partial charge in [-0.3, -0.25) is 9.69 Å². The zero-order valence-corrected chi connectivity index (χ0v) is 21.3. The lowest BCUT2D eigenvalue weighted by molar-refractivity contribution is -0.132. The lowest BCUT2D eigenvalue weighted by atomic mass is 10.0. The molecule has 2 fully saturated rings. The number of aromatic nitrogens is 2. The molecule has 2 aromatic rings. The number of hydrogen-bond acceptors (Lipinski definition) is 6. The van der Waals surface area contributed by atoms with E-state index in [1.807, 2.05) is 17.2 Å². The molecule has 0 bridgehead atoms. The van der Waals surface area contributed by atoms with Crippen molar-refractivity contribution in [2.24, 2.45) is 0 Å². The van der Waals surface area contributed by atoms with Crippen molar-refractivity contribution < 1.29 is 13.2 Å². The van der Waals surface area contributed by atoms with E-state index in [1.165, 1.54) is 24.2 Å². The largest absolute Gasteiger partial charge is 0.341 e. The van der Waals surface area contributed by atoms with Gasteiger partial charge in [0.2, 0.25) is 15.9 Å². The van der Waals surface area contributed by atoms with Crippen molar-refractivity contribution in [1.82, 2.24) is 24.1 Å². The van der Waals surface area contributed by atoms with Gasteiger partial charge >= 0.3 is 0 Å². The summed E-state index contributed by atoms with van der Waals surface area (Å²) in [6.45, 7) is 7.87. The highest BCUT2D eigenvalue weighted by atomic mass is 32.2. The summed E-state index contributed by atoms with van der Waals surface area (Å²) >= 11 is 1.46. The first-order valence-electron chi connectivity index (χ1n) is 12.0. The minimum absolute atomic E-state index is 0.0239. The van der Waals surface area contributed by atoms with E-state index >= 15 is 0 Å². The molecule has 10 heteroatoms. The second-order valence-corrected chi connectivity index (χ2v) is 11.8. The van der Waals surface area contributed by atoms with Gasteiger partial charge in [-0.05, 0) is 58.6 Å². The highest BCUT2D eigenvalue weighted by molar-refractivity contribution is 7.89. The lowest BCUT2D eigenvalue weighted by Gasteiger charge is -2.33. The summed E-state index contributed by atoms with van der Waals surface area (Å²) in [5.74, 6) is 0.0239. The van der Waals surface area contributed by atoms with Crippen LogP contribution in [-0.4, -0.2) is 72.4 Å². The minimum Gasteiger partial charge on any atom is -0.341 e. The molecule has 2 saturated heterocycles. The summed E-state index contributed by atoms with van der Waals surface area (Å²) in [5, 5.41) is 2.66. The van der Waals surface area contributed by atoms with Gasteiger partial charge in [0.1, 0.15) is 16.4 Å². The van der Waals surface area contributed by atoms with E-state index in [0.29, 0.717) is 24.8 Å².